The van der Waals surface area contributed by atoms with Gasteiger partial charge in [0.25, 0.3) is 0 Å². The molecule has 2 unspecified atom stereocenters. The summed E-state index contributed by atoms with van der Waals surface area (Å²) in [6.45, 7) is 8.24. The molecule has 0 aliphatic heterocycles. The van der Waals surface area contributed by atoms with E-state index in [0.29, 0.717) is 5.92 Å². The van der Waals surface area contributed by atoms with Crippen molar-refractivity contribution < 1.29 is 4.79 Å². The summed E-state index contributed by atoms with van der Waals surface area (Å²) < 4.78 is 0. The molecule has 1 aromatic rings. The molecule has 3 N–H and O–H groups in total. The molecule has 0 bridgehead atoms. The van der Waals surface area contributed by atoms with E-state index in [2.05, 4.69) is 19.2 Å². The quantitative estimate of drug-likeness (QED) is 0.808. The van der Waals surface area contributed by atoms with Gasteiger partial charge in [0.1, 0.15) is 5.54 Å². The van der Waals surface area contributed by atoms with Gasteiger partial charge in [-0.1, -0.05) is 57.0 Å². The molecule has 0 saturated heterocycles. The Hall–Kier alpha value is -1.06. The molecule has 1 rings (SSSR count). The minimum atomic E-state index is -0.979. The van der Waals surface area contributed by atoms with Crippen molar-refractivity contribution in [3.05, 3.63) is 35.9 Å². The van der Waals surface area contributed by atoms with Crippen LogP contribution in [0.25, 0.3) is 0 Å². The van der Waals surface area contributed by atoms with Crippen molar-refractivity contribution in [3.8, 4) is 0 Å². The molecule has 0 radical (unpaired) electrons. The molecular formula is C17H29ClN2O. The Morgan fingerprint density at radius 3 is 2.29 bits per heavy atom. The highest BCUT2D eigenvalue weighted by Gasteiger charge is 2.30. The van der Waals surface area contributed by atoms with E-state index in [1.54, 1.807) is 6.92 Å². The smallest absolute Gasteiger partial charge is 0.244 e. The molecule has 3 nitrogen and oxygen atoms in total. The molecule has 0 spiro atoms. The molecule has 1 amide bonds. The Morgan fingerprint density at radius 2 is 1.76 bits per heavy atom. The van der Waals surface area contributed by atoms with Gasteiger partial charge in [0.15, 0.2) is 0 Å². The zero-order valence-electron chi connectivity index (χ0n) is 13.6. The predicted octanol–water partition coefficient (Wildman–Crippen LogP) is 3.61. The molecule has 4 heteroatoms. The maximum Gasteiger partial charge on any atom is 0.244 e. The topological polar surface area (TPSA) is 55.1 Å². The first-order valence-electron chi connectivity index (χ1n) is 7.49. The van der Waals surface area contributed by atoms with Crippen LogP contribution in [0.2, 0.25) is 0 Å². The third kappa shape index (κ3) is 6.49. The standard InChI is InChI=1S/C17H28N2O.ClH/c1-13(2)9-8-10-14(3)19-16(20)17(4,18)15-11-6-5-7-12-15;/h5-7,11-14H,8-10,18H2,1-4H3,(H,19,20);1H. The fourth-order valence-electron chi connectivity index (χ4n) is 2.19. The number of nitrogens with one attached hydrogen (secondary N) is 1. The zero-order valence-corrected chi connectivity index (χ0v) is 14.4. The summed E-state index contributed by atoms with van der Waals surface area (Å²) >= 11 is 0. The number of benzene rings is 1. The van der Waals surface area contributed by atoms with Crippen LogP contribution in [0.15, 0.2) is 30.3 Å². The minimum absolute atomic E-state index is 0. The van der Waals surface area contributed by atoms with Gasteiger partial charge < -0.3 is 11.1 Å². The van der Waals surface area contributed by atoms with Crippen LogP contribution in [0.3, 0.4) is 0 Å². The van der Waals surface area contributed by atoms with E-state index in [1.165, 1.54) is 6.42 Å². The number of rotatable bonds is 7. The summed E-state index contributed by atoms with van der Waals surface area (Å²) in [6.07, 6.45) is 3.32. The van der Waals surface area contributed by atoms with Gasteiger partial charge in [-0.3, -0.25) is 4.79 Å². The van der Waals surface area contributed by atoms with Crippen LogP contribution in [0.1, 0.15) is 52.5 Å². The highest BCUT2D eigenvalue weighted by molar-refractivity contribution is 5.87. The van der Waals surface area contributed by atoms with E-state index in [-0.39, 0.29) is 24.4 Å². The van der Waals surface area contributed by atoms with Gasteiger partial charge in [-0.25, -0.2) is 0 Å². The summed E-state index contributed by atoms with van der Waals surface area (Å²) in [7, 11) is 0. The van der Waals surface area contributed by atoms with Crippen molar-refractivity contribution in [2.75, 3.05) is 0 Å². The number of halogens is 1. The maximum atomic E-state index is 12.3. The SMILES string of the molecule is CC(C)CCCC(C)NC(=O)C(C)(N)c1ccccc1.Cl. The fourth-order valence-corrected chi connectivity index (χ4v) is 2.19. The van der Waals surface area contributed by atoms with E-state index < -0.39 is 5.54 Å². The van der Waals surface area contributed by atoms with E-state index in [9.17, 15) is 4.79 Å². The summed E-state index contributed by atoms with van der Waals surface area (Å²) in [5.41, 5.74) is 6.06. The Balaban J connectivity index is 0.00000400. The first-order chi connectivity index (χ1) is 9.34. The largest absolute Gasteiger partial charge is 0.352 e. The molecule has 0 aliphatic carbocycles. The summed E-state index contributed by atoms with van der Waals surface area (Å²) in [5.74, 6) is 0.600. The Kier molecular flexibility index (Phi) is 8.60. The third-order valence-corrected chi connectivity index (χ3v) is 3.64. The van der Waals surface area contributed by atoms with Gasteiger partial charge in [-0.15, -0.1) is 12.4 Å². The van der Waals surface area contributed by atoms with E-state index >= 15 is 0 Å². The van der Waals surface area contributed by atoms with Gasteiger partial charge in [-0.2, -0.15) is 0 Å². The van der Waals surface area contributed by atoms with Crippen molar-refractivity contribution in [2.24, 2.45) is 11.7 Å². The molecule has 0 saturated carbocycles. The van der Waals surface area contributed by atoms with Crippen LogP contribution >= 0.6 is 12.4 Å². The van der Waals surface area contributed by atoms with Crippen LogP contribution in [-0.4, -0.2) is 11.9 Å². The van der Waals surface area contributed by atoms with Crippen LogP contribution in [0, 0.1) is 5.92 Å². The highest BCUT2D eigenvalue weighted by Crippen LogP contribution is 2.18. The average Bonchev–Trinajstić information content (AvgIpc) is 2.39. The molecule has 0 aromatic heterocycles. The van der Waals surface area contributed by atoms with Gasteiger partial charge in [0.2, 0.25) is 5.91 Å². The van der Waals surface area contributed by atoms with Crippen molar-refractivity contribution in [2.45, 2.75) is 58.5 Å². The molecular weight excluding hydrogens is 284 g/mol. The monoisotopic (exact) mass is 312 g/mol. The normalized spacial score (nSPS) is 15.0. The Bertz CT molecular complexity index is 418. The first kappa shape index (κ1) is 19.9. The van der Waals surface area contributed by atoms with Crippen LogP contribution < -0.4 is 11.1 Å². The Morgan fingerprint density at radius 1 is 1.19 bits per heavy atom. The van der Waals surface area contributed by atoms with Gasteiger partial charge in [0.05, 0.1) is 0 Å². The Labute approximate surface area is 135 Å². The lowest BCUT2D eigenvalue weighted by Gasteiger charge is -2.26. The second-order valence-corrected chi connectivity index (χ2v) is 6.27. The lowest BCUT2D eigenvalue weighted by molar-refractivity contribution is -0.126. The second kappa shape index (κ2) is 9.06. The van der Waals surface area contributed by atoms with Crippen molar-refractivity contribution in [3.63, 3.8) is 0 Å². The average molecular weight is 313 g/mol. The molecule has 0 aliphatic rings. The van der Waals surface area contributed by atoms with Crippen molar-refractivity contribution >= 4 is 18.3 Å². The maximum absolute atomic E-state index is 12.3. The van der Waals surface area contributed by atoms with E-state index in [1.807, 2.05) is 37.3 Å². The molecule has 1 aromatic carbocycles. The number of hydrogen-bond acceptors (Lipinski definition) is 2. The minimum Gasteiger partial charge on any atom is -0.352 e. The van der Waals surface area contributed by atoms with Crippen LogP contribution in [0.5, 0.6) is 0 Å². The number of hydrogen-bond donors (Lipinski definition) is 2. The number of amides is 1. The number of carbonyl (C=O) groups excluding carboxylic acids is 1. The molecule has 2 atom stereocenters. The molecule has 0 fully saturated rings. The van der Waals surface area contributed by atoms with Crippen molar-refractivity contribution in [1.29, 1.82) is 0 Å². The molecule has 0 heterocycles. The van der Waals surface area contributed by atoms with Crippen LogP contribution in [-0.2, 0) is 10.3 Å². The zero-order chi connectivity index (χ0) is 15.2. The van der Waals surface area contributed by atoms with E-state index in [0.717, 1.165) is 18.4 Å². The highest BCUT2D eigenvalue weighted by atomic mass is 35.5. The number of carbonyl (C=O) groups is 1. The lowest BCUT2D eigenvalue weighted by Crippen LogP contribution is -2.51. The molecule has 21 heavy (non-hydrogen) atoms. The van der Waals surface area contributed by atoms with Gasteiger partial charge in [-0.05, 0) is 31.7 Å². The predicted molar refractivity (Wildman–Crippen MR) is 91.5 cm³/mol. The fraction of sp³-hybridized carbons (Fsp3) is 0.588. The van der Waals surface area contributed by atoms with Crippen molar-refractivity contribution in [1.82, 2.24) is 5.32 Å². The summed E-state index contributed by atoms with van der Waals surface area (Å²) in [5, 5.41) is 3.03. The van der Waals surface area contributed by atoms with Crippen LogP contribution in [0.4, 0.5) is 0 Å². The first-order valence-corrected chi connectivity index (χ1v) is 7.49. The lowest BCUT2D eigenvalue weighted by atomic mass is 9.92. The van der Waals surface area contributed by atoms with E-state index in [4.69, 9.17) is 5.73 Å². The van der Waals surface area contributed by atoms with Gasteiger partial charge in [0, 0.05) is 6.04 Å². The third-order valence-electron chi connectivity index (χ3n) is 3.64. The van der Waals surface area contributed by atoms with Gasteiger partial charge >= 0.3 is 0 Å². The number of nitrogens with two attached hydrogens (primary N) is 1. The summed E-state index contributed by atoms with van der Waals surface area (Å²) in [6, 6.07) is 9.67. The molecule has 120 valence electrons. The second-order valence-electron chi connectivity index (χ2n) is 6.27. The summed E-state index contributed by atoms with van der Waals surface area (Å²) in [4.78, 5) is 12.3.